The van der Waals surface area contributed by atoms with Crippen LogP contribution in [0.3, 0.4) is 0 Å². The van der Waals surface area contributed by atoms with Crippen LogP contribution in [-0.2, 0) is 9.47 Å². The first-order valence-electron chi connectivity index (χ1n) is 4.67. The fourth-order valence-electron chi connectivity index (χ4n) is 0.943. The average molecular weight is 263 g/mol. The Balaban J connectivity index is 0. The Hall–Kier alpha value is -1.24. The lowest BCUT2D eigenvalue weighted by molar-refractivity contribution is -0.108. The summed E-state index contributed by atoms with van der Waals surface area (Å²) in [6.07, 6.45) is 1.29. The van der Waals surface area contributed by atoms with Crippen LogP contribution in [0.15, 0.2) is 12.3 Å². The fourth-order valence-corrected chi connectivity index (χ4v) is 0.943. The summed E-state index contributed by atoms with van der Waals surface area (Å²) in [5, 5.41) is 6.28. The summed E-state index contributed by atoms with van der Waals surface area (Å²) in [7, 11) is 3.15. The maximum absolute atomic E-state index is 6.28. The van der Waals surface area contributed by atoms with E-state index in [1.807, 2.05) is 6.92 Å². The van der Waals surface area contributed by atoms with Gasteiger partial charge in [-0.2, -0.15) is 0 Å². The minimum absolute atomic E-state index is 0. The first-order chi connectivity index (χ1) is 7.51. The molecular weight excluding hydrogens is 244 g/mol. The minimum Gasteiger partial charge on any atom is -0.388 e. The summed E-state index contributed by atoms with van der Waals surface area (Å²) in [6, 6.07) is 1.77. The standard InChI is InChI=1S/C8H12N2O2.C2H6N2.ClH/c1-6-9-5-4-7(10-6)8(11-2)12-3;1-2(3)4;/h4-5,8H,1-3H3;1H3,(H3,3,4);1H. The highest BCUT2D eigenvalue weighted by Crippen LogP contribution is 2.13. The molecular formula is C10H19ClN4O2. The number of aryl methyl sites for hydroxylation is 1. The van der Waals surface area contributed by atoms with Crippen LogP contribution in [0.4, 0.5) is 0 Å². The van der Waals surface area contributed by atoms with Gasteiger partial charge in [-0.05, 0) is 19.9 Å². The first-order valence-corrected chi connectivity index (χ1v) is 4.67. The highest BCUT2D eigenvalue weighted by molar-refractivity contribution is 5.85. The number of hydrogen-bond donors (Lipinski definition) is 2. The summed E-state index contributed by atoms with van der Waals surface area (Å²) < 4.78 is 10.1. The zero-order valence-electron chi connectivity index (χ0n) is 10.4. The largest absolute Gasteiger partial charge is 0.388 e. The summed E-state index contributed by atoms with van der Waals surface area (Å²) >= 11 is 0. The Labute approximate surface area is 107 Å². The molecule has 0 aliphatic heterocycles. The van der Waals surface area contributed by atoms with E-state index in [9.17, 15) is 0 Å². The number of nitrogens with zero attached hydrogens (tertiary/aromatic N) is 2. The minimum atomic E-state index is -0.397. The normalized spacial score (nSPS) is 9.00. The monoisotopic (exact) mass is 262 g/mol. The molecule has 3 N–H and O–H groups in total. The van der Waals surface area contributed by atoms with Crippen LogP contribution >= 0.6 is 12.4 Å². The molecule has 1 aromatic heterocycles. The van der Waals surface area contributed by atoms with Crippen LogP contribution in [0.1, 0.15) is 24.7 Å². The third-order valence-electron chi connectivity index (χ3n) is 1.47. The highest BCUT2D eigenvalue weighted by Gasteiger charge is 2.09. The van der Waals surface area contributed by atoms with Gasteiger partial charge in [0, 0.05) is 20.4 Å². The SMILES string of the molecule is CC(=N)N.COC(OC)c1ccnc(C)n1.Cl. The van der Waals surface area contributed by atoms with Gasteiger partial charge in [0.05, 0.1) is 11.5 Å². The number of nitrogens with one attached hydrogen (secondary N) is 1. The molecule has 17 heavy (non-hydrogen) atoms. The molecule has 0 spiro atoms. The summed E-state index contributed by atoms with van der Waals surface area (Å²) in [5.74, 6) is 0.881. The molecule has 0 aromatic carbocycles. The van der Waals surface area contributed by atoms with Crippen molar-refractivity contribution in [1.29, 1.82) is 5.41 Å². The van der Waals surface area contributed by atoms with Crippen LogP contribution in [0, 0.1) is 12.3 Å². The number of nitrogens with two attached hydrogens (primary N) is 1. The number of aromatic nitrogens is 2. The Morgan fingerprint density at radius 1 is 1.41 bits per heavy atom. The molecule has 6 nitrogen and oxygen atoms in total. The summed E-state index contributed by atoms with van der Waals surface area (Å²) in [5.41, 5.74) is 5.44. The molecule has 1 heterocycles. The lowest BCUT2D eigenvalue weighted by Gasteiger charge is -2.11. The van der Waals surface area contributed by atoms with E-state index in [4.69, 9.17) is 20.6 Å². The molecule has 0 radical (unpaired) electrons. The van der Waals surface area contributed by atoms with Crippen molar-refractivity contribution in [3.63, 3.8) is 0 Å². The second-order valence-electron chi connectivity index (χ2n) is 3.02. The third kappa shape index (κ3) is 8.56. The number of halogens is 1. The zero-order chi connectivity index (χ0) is 12.6. The Morgan fingerprint density at radius 3 is 2.24 bits per heavy atom. The van der Waals surface area contributed by atoms with E-state index < -0.39 is 6.29 Å². The van der Waals surface area contributed by atoms with Crippen molar-refractivity contribution in [3.8, 4) is 0 Å². The first kappa shape index (κ1) is 18.1. The molecule has 0 saturated carbocycles. The van der Waals surface area contributed by atoms with E-state index in [1.165, 1.54) is 6.92 Å². The van der Waals surface area contributed by atoms with Gasteiger partial charge in [0.2, 0.25) is 6.29 Å². The molecule has 0 bridgehead atoms. The van der Waals surface area contributed by atoms with Crippen molar-refractivity contribution in [2.75, 3.05) is 14.2 Å². The van der Waals surface area contributed by atoms with Crippen molar-refractivity contribution in [2.24, 2.45) is 5.73 Å². The number of ether oxygens (including phenoxy) is 2. The second-order valence-corrected chi connectivity index (χ2v) is 3.02. The van der Waals surface area contributed by atoms with Gasteiger partial charge < -0.3 is 15.2 Å². The predicted molar refractivity (Wildman–Crippen MR) is 68.4 cm³/mol. The molecule has 0 saturated heterocycles. The molecule has 1 rings (SSSR count). The van der Waals surface area contributed by atoms with Gasteiger partial charge in [0.1, 0.15) is 5.82 Å². The van der Waals surface area contributed by atoms with E-state index in [2.05, 4.69) is 9.97 Å². The average Bonchev–Trinajstić information content (AvgIpc) is 2.19. The van der Waals surface area contributed by atoms with Gasteiger partial charge >= 0.3 is 0 Å². The van der Waals surface area contributed by atoms with E-state index >= 15 is 0 Å². The number of amidine groups is 1. The van der Waals surface area contributed by atoms with Crippen LogP contribution in [0.2, 0.25) is 0 Å². The van der Waals surface area contributed by atoms with Crippen molar-refractivity contribution in [3.05, 3.63) is 23.8 Å². The van der Waals surface area contributed by atoms with Crippen LogP contribution in [0.25, 0.3) is 0 Å². The molecule has 98 valence electrons. The lowest BCUT2D eigenvalue weighted by Crippen LogP contribution is -2.07. The quantitative estimate of drug-likeness (QED) is 0.488. The van der Waals surface area contributed by atoms with E-state index in [0.29, 0.717) is 5.82 Å². The van der Waals surface area contributed by atoms with Crippen molar-refractivity contribution >= 4 is 18.2 Å². The number of rotatable bonds is 3. The molecule has 1 aromatic rings. The van der Waals surface area contributed by atoms with Gasteiger partial charge in [-0.3, -0.25) is 5.41 Å². The molecule has 7 heteroatoms. The van der Waals surface area contributed by atoms with Crippen molar-refractivity contribution in [2.45, 2.75) is 20.1 Å². The molecule has 0 unspecified atom stereocenters. The van der Waals surface area contributed by atoms with Crippen LogP contribution < -0.4 is 5.73 Å². The Bertz CT molecular complexity index is 328. The van der Waals surface area contributed by atoms with Gasteiger partial charge in [0.25, 0.3) is 0 Å². The molecule has 0 aliphatic rings. The molecule has 0 aliphatic carbocycles. The lowest BCUT2D eigenvalue weighted by atomic mass is 10.4. The van der Waals surface area contributed by atoms with Gasteiger partial charge in [-0.1, -0.05) is 0 Å². The maximum Gasteiger partial charge on any atom is 0.200 e. The third-order valence-corrected chi connectivity index (χ3v) is 1.47. The second kappa shape index (κ2) is 9.95. The van der Waals surface area contributed by atoms with Gasteiger partial charge in [0.15, 0.2) is 0 Å². The van der Waals surface area contributed by atoms with E-state index in [1.54, 1.807) is 26.5 Å². The summed E-state index contributed by atoms with van der Waals surface area (Å²) in [6.45, 7) is 3.35. The fraction of sp³-hybridized carbons (Fsp3) is 0.500. The summed E-state index contributed by atoms with van der Waals surface area (Å²) in [4.78, 5) is 8.12. The topological polar surface area (TPSA) is 94.1 Å². The number of hydrogen-bond acceptors (Lipinski definition) is 5. The van der Waals surface area contributed by atoms with Crippen LogP contribution in [-0.4, -0.2) is 30.0 Å². The van der Waals surface area contributed by atoms with E-state index in [0.717, 1.165) is 5.69 Å². The smallest absolute Gasteiger partial charge is 0.200 e. The van der Waals surface area contributed by atoms with Crippen molar-refractivity contribution in [1.82, 2.24) is 9.97 Å². The zero-order valence-corrected chi connectivity index (χ0v) is 11.2. The van der Waals surface area contributed by atoms with E-state index in [-0.39, 0.29) is 18.2 Å². The molecule has 0 atom stereocenters. The number of methoxy groups -OCH3 is 2. The predicted octanol–water partition coefficient (Wildman–Crippen LogP) is 1.44. The maximum atomic E-state index is 6.28. The molecule has 0 amide bonds. The Morgan fingerprint density at radius 2 is 1.88 bits per heavy atom. The Kier molecular flexibility index (Phi) is 10.6. The van der Waals surface area contributed by atoms with Crippen molar-refractivity contribution < 1.29 is 9.47 Å². The molecule has 0 fully saturated rings. The van der Waals surface area contributed by atoms with Gasteiger partial charge in [-0.15, -0.1) is 12.4 Å². The van der Waals surface area contributed by atoms with Crippen LogP contribution in [0.5, 0.6) is 0 Å². The highest BCUT2D eigenvalue weighted by atomic mass is 35.5. The van der Waals surface area contributed by atoms with Gasteiger partial charge in [-0.25, -0.2) is 9.97 Å².